The summed E-state index contributed by atoms with van der Waals surface area (Å²) in [6, 6.07) is 4.16. The molecule has 1 aromatic heterocycles. The molecule has 0 saturated carbocycles. The molecule has 0 N–H and O–H groups in total. The molecule has 0 aliphatic heterocycles. The lowest BCUT2D eigenvalue weighted by Crippen LogP contribution is -1.98. The van der Waals surface area contributed by atoms with Crippen molar-refractivity contribution in [2.24, 2.45) is 0 Å². The van der Waals surface area contributed by atoms with E-state index in [-0.39, 0.29) is 0 Å². The minimum absolute atomic E-state index is 0.298. The van der Waals surface area contributed by atoms with Gasteiger partial charge in [-0.05, 0) is 24.3 Å². The van der Waals surface area contributed by atoms with Crippen molar-refractivity contribution >= 4 is 33.0 Å². The van der Waals surface area contributed by atoms with E-state index in [1.807, 2.05) is 6.07 Å². The zero-order valence-corrected chi connectivity index (χ0v) is 9.16. The smallest absolute Gasteiger partial charge is 0.143 e. The van der Waals surface area contributed by atoms with Crippen LogP contribution in [0.5, 0.6) is 0 Å². The molecular formula is C9H11BrOS. The van der Waals surface area contributed by atoms with Crippen LogP contribution in [0.1, 0.15) is 17.7 Å². The van der Waals surface area contributed by atoms with Gasteiger partial charge in [-0.3, -0.25) is 4.79 Å². The second-order valence-electron chi connectivity index (χ2n) is 2.61. The third-order valence-electron chi connectivity index (χ3n) is 1.61. The normalized spacial score (nSPS) is 10.1. The lowest BCUT2D eigenvalue weighted by Gasteiger charge is -1.95. The van der Waals surface area contributed by atoms with Gasteiger partial charge in [-0.2, -0.15) is 0 Å². The number of hydrogen-bond acceptors (Lipinski definition) is 2. The van der Waals surface area contributed by atoms with Crippen molar-refractivity contribution in [3.8, 4) is 0 Å². The van der Waals surface area contributed by atoms with Gasteiger partial charge in [0.1, 0.15) is 5.78 Å². The van der Waals surface area contributed by atoms with E-state index < -0.39 is 0 Å². The van der Waals surface area contributed by atoms with Crippen LogP contribution in [0.2, 0.25) is 0 Å². The van der Waals surface area contributed by atoms with E-state index >= 15 is 0 Å². The molecule has 0 aliphatic rings. The Kier molecular flexibility index (Phi) is 4.54. The van der Waals surface area contributed by atoms with Crippen molar-refractivity contribution in [3.05, 3.63) is 22.4 Å². The van der Waals surface area contributed by atoms with Crippen molar-refractivity contribution in [1.29, 1.82) is 0 Å². The highest BCUT2D eigenvalue weighted by Gasteiger charge is 1.99. The molecule has 1 nitrogen and oxygen atoms in total. The predicted molar refractivity (Wildman–Crippen MR) is 56.1 cm³/mol. The third-order valence-corrected chi connectivity index (χ3v) is 3.17. The van der Waals surface area contributed by atoms with E-state index in [0.717, 1.165) is 12.8 Å². The van der Waals surface area contributed by atoms with Crippen LogP contribution in [0.3, 0.4) is 0 Å². The van der Waals surface area contributed by atoms with Crippen LogP contribution in [-0.4, -0.2) is 11.1 Å². The van der Waals surface area contributed by atoms with Crippen LogP contribution < -0.4 is 0 Å². The summed E-state index contributed by atoms with van der Waals surface area (Å²) >= 11 is 4.91. The van der Waals surface area contributed by atoms with E-state index in [2.05, 4.69) is 27.4 Å². The molecule has 0 radical (unpaired) electrons. The van der Waals surface area contributed by atoms with Gasteiger partial charge < -0.3 is 0 Å². The molecule has 0 atom stereocenters. The molecule has 0 fully saturated rings. The molecule has 1 rings (SSSR count). The maximum Gasteiger partial charge on any atom is 0.143 e. The van der Waals surface area contributed by atoms with Crippen molar-refractivity contribution in [1.82, 2.24) is 0 Å². The number of alkyl halides is 1. The number of ketones is 1. The third kappa shape index (κ3) is 3.50. The fourth-order valence-corrected chi connectivity index (χ4v) is 2.01. The van der Waals surface area contributed by atoms with E-state index in [4.69, 9.17) is 0 Å². The summed E-state index contributed by atoms with van der Waals surface area (Å²) in [6.45, 7) is 0. The van der Waals surface area contributed by atoms with E-state index in [1.54, 1.807) is 11.3 Å². The molecule has 66 valence electrons. The Morgan fingerprint density at radius 2 is 2.42 bits per heavy atom. The van der Waals surface area contributed by atoms with Gasteiger partial charge in [0.05, 0.1) is 5.33 Å². The molecule has 0 amide bonds. The topological polar surface area (TPSA) is 17.1 Å². The summed E-state index contributed by atoms with van der Waals surface area (Å²) in [5, 5.41) is 2.57. The Morgan fingerprint density at radius 3 is 3.00 bits per heavy atom. The van der Waals surface area contributed by atoms with Crippen molar-refractivity contribution in [2.45, 2.75) is 19.3 Å². The minimum atomic E-state index is 0.298. The maximum atomic E-state index is 10.9. The maximum absolute atomic E-state index is 10.9. The monoisotopic (exact) mass is 246 g/mol. The van der Waals surface area contributed by atoms with Crippen molar-refractivity contribution < 1.29 is 4.79 Å². The molecule has 0 saturated heterocycles. The van der Waals surface area contributed by atoms with Gasteiger partial charge in [0.2, 0.25) is 0 Å². The molecular weight excluding hydrogens is 236 g/mol. The summed E-state index contributed by atoms with van der Waals surface area (Å²) < 4.78 is 0. The number of carbonyl (C=O) groups excluding carboxylic acids is 1. The number of aryl methyl sites for hydroxylation is 1. The first kappa shape index (κ1) is 9.93. The van der Waals surface area contributed by atoms with Gasteiger partial charge in [0.25, 0.3) is 0 Å². The van der Waals surface area contributed by atoms with Crippen LogP contribution in [-0.2, 0) is 11.2 Å². The number of carbonyl (C=O) groups is 1. The first-order valence-corrected chi connectivity index (χ1v) is 5.93. The van der Waals surface area contributed by atoms with Gasteiger partial charge in [-0.1, -0.05) is 22.0 Å². The van der Waals surface area contributed by atoms with Crippen molar-refractivity contribution in [3.63, 3.8) is 0 Å². The summed E-state index contributed by atoms with van der Waals surface area (Å²) in [5.41, 5.74) is 0. The van der Waals surface area contributed by atoms with Crippen LogP contribution >= 0.6 is 27.3 Å². The van der Waals surface area contributed by atoms with E-state index in [0.29, 0.717) is 17.5 Å². The molecule has 1 aromatic rings. The number of hydrogen-bond donors (Lipinski definition) is 0. The highest BCUT2D eigenvalue weighted by molar-refractivity contribution is 9.09. The Balaban J connectivity index is 2.15. The molecule has 0 unspecified atom stereocenters. The first-order chi connectivity index (χ1) is 5.83. The first-order valence-electron chi connectivity index (χ1n) is 3.93. The summed E-state index contributed by atoms with van der Waals surface area (Å²) in [7, 11) is 0. The van der Waals surface area contributed by atoms with E-state index in [1.165, 1.54) is 4.88 Å². The molecule has 0 aliphatic carbocycles. The average Bonchev–Trinajstić information content (AvgIpc) is 2.57. The van der Waals surface area contributed by atoms with Crippen LogP contribution in [0.15, 0.2) is 17.5 Å². The number of thiophene rings is 1. The molecule has 0 bridgehead atoms. The minimum Gasteiger partial charge on any atom is -0.299 e. The summed E-state index contributed by atoms with van der Waals surface area (Å²) in [4.78, 5) is 12.3. The van der Waals surface area contributed by atoms with Crippen LogP contribution in [0, 0.1) is 0 Å². The second kappa shape index (κ2) is 5.49. The Morgan fingerprint density at radius 1 is 1.58 bits per heavy atom. The standard InChI is InChI=1S/C9H11BrOS/c10-7-8(11)3-1-4-9-5-2-6-12-9/h2,5-6H,1,3-4,7H2. The van der Waals surface area contributed by atoms with Gasteiger partial charge in [0, 0.05) is 11.3 Å². The van der Waals surface area contributed by atoms with Gasteiger partial charge in [-0.25, -0.2) is 0 Å². The number of Topliss-reactive ketones (excluding diaryl/α,β-unsaturated/α-hetero) is 1. The van der Waals surface area contributed by atoms with Crippen LogP contribution in [0.25, 0.3) is 0 Å². The lowest BCUT2D eigenvalue weighted by molar-refractivity contribution is -0.116. The fraction of sp³-hybridized carbons (Fsp3) is 0.444. The second-order valence-corrected chi connectivity index (χ2v) is 4.20. The van der Waals surface area contributed by atoms with Gasteiger partial charge in [-0.15, -0.1) is 11.3 Å². The average molecular weight is 247 g/mol. The summed E-state index contributed by atoms with van der Waals surface area (Å²) in [5.74, 6) is 0.298. The largest absolute Gasteiger partial charge is 0.299 e. The van der Waals surface area contributed by atoms with E-state index in [9.17, 15) is 4.79 Å². The molecule has 12 heavy (non-hydrogen) atoms. The summed E-state index contributed by atoms with van der Waals surface area (Å²) in [6.07, 6.45) is 2.71. The highest BCUT2D eigenvalue weighted by Crippen LogP contribution is 2.12. The number of halogens is 1. The van der Waals surface area contributed by atoms with Gasteiger partial charge >= 0.3 is 0 Å². The quantitative estimate of drug-likeness (QED) is 0.731. The highest BCUT2D eigenvalue weighted by atomic mass is 79.9. The fourth-order valence-electron chi connectivity index (χ4n) is 0.981. The Hall–Kier alpha value is -0.150. The number of rotatable bonds is 5. The zero-order chi connectivity index (χ0) is 8.81. The predicted octanol–water partition coefficient (Wildman–Crippen LogP) is 3.03. The molecule has 0 aromatic carbocycles. The molecule has 1 heterocycles. The SMILES string of the molecule is O=C(CBr)CCCc1cccs1. The van der Waals surface area contributed by atoms with Gasteiger partial charge in [0.15, 0.2) is 0 Å². The Labute approximate surface area is 84.9 Å². The molecule has 0 spiro atoms. The van der Waals surface area contributed by atoms with Crippen LogP contribution in [0.4, 0.5) is 0 Å². The van der Waals surface area contributed by atoms with Crippen molar-refractivity contribution in [2.75, 3.05) is 5.33 Å². The zero-order valence-electron chi connectivity index (χ0n) is 6.75. The molecule has 3 heteroatoms. The lowest BCUT2D eigenvalue weighted by atomic mass is 10.2. The Bertz CT molecular complexity index is 231.